The monoisotopic (exact) mass is 331 g/mol. The average Bonchev–Trinajstić information content (AvgIpc) is 2.61. The quantitative estimate of drug-likeness (QED) is 0.867. The van der Waals surface area contributed by atoms with Crippen molar-refractivity contribution >= 4 is 17.5 Å². The number of carbonyl (C=O) groups excluding carboxylic acids is 1. The van der Waals surface area contributed by atoms with Gasteiger partial charge in [0.05, 0.1) is 18.9 Å². The van der Waals surface area contributed by atoms with E-state index in [4.69, 9.17) is 16.3 Å². The zero-order valence-electron chi connectivity index (χ0n) is 12.9. The van der Waals surface area contributed by atoms with Crippen LogP contribution < -0.4 is 4.74 Å². The van der Waals surface area contributed by atoms with Crippen LogP contribution >= 0.6 is 11.6 Å². The highest BCUT2D eigenvalue weighted by Gasteiger charge is 2.27. The lowest BCUT2D eigenvalue weighted by Gasteiger charge is -2.33. The molecule has 1 aromatic heterocycles. The summed E-state index contributed by atoms with van der Waals surface area (Å²) in [5, 5.41) is 7.67. The van der Waals surface area contributed by atoms with E-state index in [9.17, 15) is 4.79 Å². The van der Waals surface area contributed by atoms with Crippen molar-refractivity contribution in [2.45, 2.75) is 18.8 Å². The Hall–Kier alpha value is -2.14. The molecule has 0 saturated carbocycles. The summed E-state index contributed by atoms with van der Waals surface area (Å²) in [6.45, 7) is 1.41. The third-order valence-electron chi connectivity index (χ3n) is 4.16. The molecule has 1 amide bonds. The van der Waals surface area contributed by atoms with Gasteiger partial charge in [-0.25, -0.2) is 0 Å². The molecule has 0 N–H and O–H groups in total. The van der Waals surface area contributed by atoms with Gasteiger partial charge in [-0.1, -0.05) is 29.8 Å². The molecule has 1 aliphatic rings. The highest BCUT2D eigenvalue weighted by Crippen LogP contribution is 2.33. The van der Waals surface area contributed by atoms with Crippen LogP contribution in [0.2, 0.25) is 5.15 Å². The summed E-state index contributed by atoms with van der Waals surface area (Å²) < 4.78 is 5.46. The third kappa shape index (κ3) is 3.45. The van der Waals surface area contributed by atoms with E-state index in [0.29, 0.717) is 12.1 Å². The zero-order valence-corrected chi connectivity index (χ0v) is 13.7. The molecule has 0 spiro atoms. The maximum atomic E-state index is 12.7. The fourth-order valence-electron chi connectivity index (χ4n) is 3.06. The molecule has 0 unspecified atom stereocenters. The Bertz CT molecular complexity index is 708. The molecule has 1 atom stereocenters. The van der Waals surface area contributed by atoms with Gasteiger partial charge < -0.3 is 9.64 Å². The van der Waals surface area contributed by atoms with E-state index in [1.54, 1.807) is 13.2 Å². The minimum atomic E-state index is -0.0543. The van der Waals surface area contributed by atoms with Gasteiger partial charge in [0.25, 0.3) is 5.91 Å². The Morgan fingerprint density at radius 3 is 3.00 bits per heavy atom. The summed E-state index contributed by atoms with van der Waals surface area (Å²) in [6.07, 6.45) is 3.46. The van der Waals surface area contributed by atoms with Crippen molar-refractivity contribution in [3.05, 3.63) is 52.8 Å². The summed E-state index contributed by atoms with van der Waals surface area (Å²) in [4.78, 5) is 14.5. The van der Waals surface area contributed by atoms with Crippen LogP contribution in [-0.2, 0) is 0 Å². The summed E-state index contributed by atoms with van der Waals surface area (Å²) >= 11 is 5.83. The lowest BCUT2D eigenvalue weighted by atomic mass is 9.89. The largest absolute Gasteiger partial charge is 0.496 e. The van der Waals surface area contributed by atoms with Crippen LogP contribution in [0.25, 0.3) is 0 Å². The fourth-order valence-corrected chi connectivity index (χ4v) is 3.22. The zero-order chi connectivity index (χ0) is 16.2. The molecule has 1 fully saturated rings. The minimum Gasteiger partial charge on any atom is -0.496 e. The van der Waals surface area contributed by atoms with E-state index in [-0.39, 0.29) is 17.0 Å². The minimum absolute atomic E-state index is 0.0543. The number of para-hydroxylation sites is 1. The number of hydrogen-bond donors (Lipinski definition) is 0. The van der Waals surface area contributed by atoms with Crippen LogP contribution in [0.1, 0.15) is 34.7 Å². The first-order valence-corrected chi connectivity index (χ1v) is 7.97. The number of nitrogens with zero attached hydrogens (tertiary/aromatic N) is 3. The van der Waals surface area contributed by atoms with Crippen molar-refractivity contribution in [3.8, 4) is 5.75 Å². The van der Waals surface area contributed by atoms with Crippen LogP contribution in [0.4, 0.5) is 0 Å². The van der Waals surface area contributed by atoms with Crippen LogP contribution in [0.15, 0.2) is 36.5 Å². The first-order chi connectivity index (χ1) is 11.2. The Kier molecular flexibility index (Phi) is 4.76. The van der Waals surface area contributed by atoms with Crippen LogP contribution in [0, 0.1) is 0 Å². The molecule has 0 aliphatic carbocycles. The van der Waals surface area contributed by atoms with Gasteiger partial charge in [0.2, 0.25) is 0 Å². The normalized spacial score (nSPS) is 17.8. The smallest absolute Gasteiger partial charge is 0.255 e. The molecule has 1 aliphatic heterocycles. The van der Waals surface area contributed by atoms with E-state index in [1.165, 1.54) is 6.20 Å². The van der Waals surface area contributed by atoms with Gasteiger partial charge in [-0.3, -0.25) is 4.79 Å². The number of likely N-dealkylation sites (tertiary alicyclic amines) is 1. The van der Waals surface area contributed by atoms with Crippen molar-refractivity contribution in [2.75, 3.05) is 20.2 Å². The van der Waals surface area contributed by atoms with E-state index in [2.05, 4.69) is 16.3 Å². The first-order valence-electron chi connectivity index (χ1n) is 7.59. The van der Waals surface area contributed by atoms with Gasteiger partial charge in [0, 0.05) is 19.0 Å². The van der Waals surface area contributed by atoms with Crippen LogP contribution in [-0.4, -0.2) is 41.2 Å². The Balaban J connectivity index is 1.79. The number of amides is 1. The number of aromatic nitrogens is 2. The third-order valence-corrected chi connectivity index (χ3v) is 4.34. The molecule has 6 heteroatoms. The highest BCUT2D eigenvalue weighted by atomic mass is 35.5. The molecule has 23 heavy (non-hydrogen) atoms. The van der Waals surface area contributed by atoms with Gasteiger partial charge in [0.1, 0.15) is 5.75 Å². The maximum Gasteiger partial charge on any atom is 0.255 e. The lowest BCUT2D eigenvalue weighted by molar-refractivity contribution is 0.0705. The molecule has 0 bridgehead atoms. The molecule has 2 heterocycles. The number of halogens is 1. The molecule has 3 rings (SSSR count). The molecule has 1 saturated heterocycles. The standard InChI is InChI=1S/C17H18ClN3O2/c1-23-15-7-3-2-6-14(15)12-5-4-8-21(11-12)17(22)13-9-16(18)20-19-10-13/h2-3,6-7,9-10,12H,4-5,8,11H2,1H3/t12-/m1/s1. The van der Waals surface area contributed by atoms with Gasteiger partial charge >= 0.3 is 0 Å². The number of benzene rings is 1. The lowest BCUT2D eigenvalue weighted by Crippen LogP contribution is -2.39. The number of hydrogen-bond acceptors (Lipinski definition) is 4. The molecule has 120 valence electrons. The second kappa shape index (κ2) is 6.96. The van der Waals surface area contributed by atoms with Gasteiger partial charge in [-0.2, -0.15) is 5.10 Å². The number of rotatable bonds is 3. The first kappa shape index (κ1) is 15.7. The fraction of sp³-hybridized carbons (Fsp3) is 0.353. The summed E-state index contributed by atoms with van der Waals surface area (Å²) in [7, 11) is 1.68. The van der Waals surface area contributed by atoms with Crippen LogP contribution in [0.3, 0.4) is 0 Å². The van der Waals surface area contributed by atoms with Crippen molar-refractivity contribution < 1.29 is 9.53 Å². The summed E-state index contributed by atoms with van der Waals surface area (Å²) in [6, 6.07) is 9.55. The highest BCUT2D eigenvalue weighted by molar-refractivity contribution is 6.29. The average molecular weight is 332 g/mol. The van der Waals surface area contributed by atoms with Crippen molar-refractivity contribution in [3.63, 3.8) is 0 Å². The van der Waals surface area contributed by atoms with Crippen molar-refractivity contribution in [1.29, 1.82) is 0 Å². The molecule has 0 radical (unpaired) electrons. The SMILES string of the molecule is COc1ccccc1[C@@H]1CCCN(C(=O)c2cnnc(Cl)c2)C1. The Labute approximate surface area is 140 Å². The van der Waals surface area contributed by atoms with Gasteiger partial charge in [-0.05, 0) is 30.5 Å². The van der Waals surface area contributed by atoms with E-state index in [1.807, 2.05) is 23.1 Å². The van der Waals surface area contributed by atoms with Crippen molar-refractivity contribution in [2.24, 2.45) is 0 Å². The predicted octanol–water partition coefficient (Wildman–Crippen LogP) is 3.16. The second-order valence-corrected chi connectivity index (χ2v) is 5.99. The summed E-state index contributed by atoms with van der Waals surface area (Å²) in [5.74, 6) is 1.09. The number of methoxy groups -OCH3 is 1. The number of carbonyl (C=O) groups is 1. The number of ether oxygens (including phenoxy) is 1. The van der Waals surface area contributed by atoms with Gasteiger partial charge in [0.15, 0.2) is 5.15 Å². The molecule has 1 aromatic carbocycles. The molecular formula is C17H18ClN3O2. The van der Waals surface area contributed by atoms with E-state index >= 15 is 0 Å². The number of piperidine rings is 1. The maximum absolute atomic E-state index is 12.7. The summed E-state index contributed by atoms with van der Waals surface area (Å²) in [5.41, 5.74) is 1.63. The Morgan fingerprint density at radius 2 is 2.22 bits per heavy atom. The van der Waals surface area contributed by atoms with Crippen LogP contribution in [0.5, 0.6) is 5.75 Å². The predicted molar refractivity (Wildman–Crippen MR) is 87.9 cm³/mol. The topological polar surface area (TPSA) is 55.3 Å². The molecule has 5 nitrogen and oxygen atoms in total. The van der Waals surface area contributed by atoms with Gasteiger partial charge in [-0.15, -0.1) is 5.10 Å². The second-order valence-electron chi connectivity index (χ2n) is 5.60. The van der Waals surface area contributed by atoms with E-state index in [0.717, 1.165) is 30.7 Å². The molecular weight excluding hydrogens is 314 g/mol. The van der Waals surface area contributed by atoms with Crippen molar-refractivity contribution in [1.82, 2.24) is 15.1 Å². The molecule has 2 aromatic rings. The Morgan fingerprint density at radius 1 is 1.39 bits per heavy atom. The van der Waals surface area contributed by atoms with E-state index < -0.39 is 0 Å².